The van der Waals surface area contributed by atoms with Crippen LogP contribution in [-0.2, 0) is 9.59 Å². The highest BCUT2D eigenvalue weighted by Crippen LogP contribution is 2.44. The molecule has 0 bridgehead atoms. The van der Waals surface area contributed by atoms with Crippen molar-refractivity contribution in [1.29, 1.82) is 0 Å². The molecule has 1 amide bonds. The van der Waals surface area contributed by atoms with Crippen LogP contribution in [0.15, 0.2) is 42.2 Å². The lowest BCUT2D eigenvalue weighted by molar-refractivity contribution is -0.128. The van der Waals surface area contributed by atoms with Gasteiger partial charge in [0.2, 0.25) is 0 Å². The lowest BCUT2D eigenvalue weighted by Crippen LogP contribution is -2.31. The van der Waals surface area contributed by atoms with Crippen LogP contribution in [0.3, 0.4) is 0 Å². The Balaban J connectivity index is 2.09. The first kappa shape index (κ1) is 17.1. The number of Topliss-reactive ketones (excluding diaryl/α,β-unsaturated/α-hetero) is 1. The minimum Gasteiger partial charge on any atom is -0.503 e. The highest BCUT2D eigenvalue weighted by atomic mass is 16.5. The summed E-state index contributed by atoms with van der Waals surface area (Å²) in [6.07, 6.45) is 3.16. The molecule has 1 atom stereocenters. The van der Waals surface area contributed by atoms with E-state index in [2.05, 4.69) is 6.58 Å². The highest BCUT2D eigenvalue weighted by Gasteiger charge is 2.46. The molecule has 1 aromatic carbocycles. The second-order valence-electron chi connectivity index (χ2n) is 6.16. The number of methoxy groups -OCH3 is 2. The monoisotopic (exact) mass is 343 g/mol. The Labute approximate surface area is 146 Å². The van der Waals surface area contributed by atoms with Gasteiger partial charge in [-0.05, 0) is 30.5 Å². The van der Waals surface area contributed by atoms with Gasteiger partial charge in [0, 0.05) is 12.5 Å². The van der Waals surface area contributed by atoms with Crippen molar-refractivity contribution in [3.05, 3.63) is 47.7 Å². The molecule has 3 rings (SSSR count). The predicted molar refractivity (Wildman–Crippen MR) is 91.6 cm³/mol. The van der Waals surface area contributed by atoms with E-state index in [1.165, 1.54) is 19.1 Å². The van der Waals surface area contributed by atoms with Crippen molar-refractivity contribution in [2.45, 2.75) is 18.9 Å². The molecule has 0 radical (unpaired) electrons. The van der Waals surface area contributed by atoms with Crippen LogP contribution in [0, 0.1) is 5.92 Å². The van der Waals surface area contributed by atoms with Crippen molar-refractivity contribution >= 4 is 11.7 Å². The van der Waals surface area contributed by atoms with E-state index in [0.29, 0.717) is 17.1 Å². The maximum atomic E-state index is 12.7. The number of aliphatic hydroxyl groups is 1. The lowest BCUT2D eigenvalue weighted by Gasteiger charge is -2.26. The van der Waals surface area contributed by atoms with E-state index in [4.69, 9.17) is 9.47 Å². The van der Waals surface area contributed by atoms with Crippen molar-refractivity contribution in [3.63, 3.8) is 0 Å². The maximum Gasteiger partial charge on any atom is 0.290 e. The number of ether oxygens (including phenoxy) is 2. The fourth-order valence-corrected chi connectivity index (χ4v) is 3.17. The molecule has 0 unspecified atom stereocenters. The van der Waals surface area contributed by atoms with Gasteiger partial charge in [-0.25, -0.2) is 0 Å². The van der Waals surface area contributed by atoms with E-state index >= 15 is 0 Å². The largest absolute Gasteiger partial charge is 0.503 e. The zero-order valence-electron chi connectivity index (χ0n) is 14.3. The third-order valence-electron chi connectivity index (χ3n) is 4.57. The van der Waals surface area contributed by atoms with Gasteiger partial charge in [0.25, 0.3) is 5.91 Å². The molecule has 1 saturated carbocycles. The third kappa shape index (κ3) is 2.88. The van der Waals surface area contributed by atoms with E-state index in [0.717, 1.165) is 12.8 Å². The molecule has 6 nitrogen and oxygen atoms in total. The second kappa shape index (κ2) is 6.63. The van der Waals surface area contributed by atoms with Crippen LogP contribution in [0.5, 0.6) is 11.5 Å². The second-order valence-corrected chi connectivity index (χ2v) is 6.16. The van der Waals surface area contributed by atoms with E-state index in [1.807, 2.05) is 0 Å². The topological polar surface area (TPSA) is 76.1 Å². The summed E-state index contributed by atoms with van der Waals surface area (Å²) in [6.45, 7) is 3.89. The molecular formula is C19H21NO5. The minimum atomic E-state index is -0.654. The minimum absolute atomic E-state index is 0.101. The van der Waals surface area contributed by atoms with Crippen molar-refractivity contribution in [1.82, 2.24) is 4.90 Å². The van der Waals surface area contributed by atoms with Gasteiger partial charge in [0.1, 0.15) is 0 Å². The number of rotatable bonds is 7. The fraction of sp³-hybridized carbons (Fsp3) is 0.368. The van der Waals surface area contributed by atoms with Crippen LogP contribution >= 0.6 is 0 Å². The summed E-state index contributed by atoms with van der Waals surface area (Å²) in [5, 5.41) is 10.3. The number of benzene rings is 1. The predicted octanol–water partition coefficient (Wildman–Crippen LogP) is 2.56. The first-order valence-electron chi connectivity index (χ1n) is 8.14. The summed E-state index contributed by atoms with van der Waals surface area (Å²) in [7, 11) is 3.06. The summed E-state index contributed by atoms with van der Waals surface area (Å²) >= 11 is 0. The number of ketones is 1. The number of hydrogen-bond donors (Lipinski definition) is 1. The van der Waals surface area contributed by atoms with Crippen LogP contribution in [0.1, 0.15) is 24.4 Å². The molecule has 1 heterocycles. The molecule has 1 aliphatic carbocycles. The first-order chi connectivity index (χ1) is 12.0. The number of carbonyl (C=O) groups is 2. The Kier molecular flexibility index (Phi) is 4.53. The third-order valence-corrected chi connectivity index (χ3v) is 4.57. The average molecular weight is 343 g/mol. The van der Waals surface area contributed by atoms with Gasteiger partial charge in [-0.2, -0.15) is 0 Å². The number of aliphatic hydroxyl groups excluding tert-OH is 1. The molecule has 1 N–H and O–H groups in total. The van der Waals surface area contributed by atoms with Crippen LogP contribution in [0.4, 0.5) is 0 Å². The van der Waals surface area contributed by atoms with Crippen molar-refractivity contribution in [2.24, 2.45) is 5.92 Å². The van der Waals surface area contributed by atoms with Crippen molar-refractivity contribution in [3.8, 4) is 11.5 Å². The van der Waals surface area contributed by atoms with Gasteiger partial charge < -0.3 is 19.5 Å². The van der Waals surface area contributed by atoms with E-state index in [-0.39, 0.29) is 23.8 Å². The number of amides is 1. The van der Waals surface area contributed by atoms with E-state index in [9.17, 15) is 14.7 Å². The van der Waals surface area contributed by atoms with Crippen LogP contribution in [-0.4, -0.2) is 42.5 Å². The molecule has 25 heavy (non-hydrogen) atoms. The molecule has 1 aromatic rings. The molecule has 132 valence electrons. The molecule has 0 spiro atoms. The number of nitrogens with zero attached hydrogens (tertiary/aromatic N) is 1. The summed E-state index contributed by atoms with van der Waals surface area (Å²) in [5.74, 6) is -0.222. The van der Waals surface area contributed by atoms with Crippen molar-refractivity contribution < 1.29 is 24.2 Å². The molecule has 0 saturated heterocycles. The van der Waals surface area contributed by atoms with Gasteiger partial charge in [-0.3, -0.25) is 9.59 Å². The van der Waals surface area contributed by atoms with E-state index in [1.54, 1.807) is 24.3 Å². The Morgan fingerprint density at radius 1 is 1.32 bits per heavy atom. The average Bonchev–Trinajstić information content (AvgIpc) is 3.44. The van der Waals surface area contributed by atoms with Gasteiger partial charge in [0.15, 0.2) is 23.0 Å². The Morgan fingerprint density at radius 2 is 2.00 bits per heavy atom. The quantitative estimate of drug-likeness (QED) is 0.770. The molecule has 0 aromatic heterocycles. The lowest BCUT2D eigenvalue weighted by atomic mass is 9.94. The standard InChI is InChI=1S/C19H21NO5/c1-4-9-20-16(12-7-8-13(24-2)14(10-12)25-3)15(18(22)19(20)23)17(21)11-5-6-11/h4,7-8,10-11,16,22H,1,5-6,9H2,2-3H3/t16-/m1/s1. The number of hydrogen-bond acceptors (Lipinski definition) is 5. The summed E-state index contributed by atoms with van der Waals surface area (Å²) < 4.78 is 10.6. The SMILES string of the molecule is C=CCN1C(=O)C(O)=C(C(=O)C2CC2)[C@H]1c1ccc(OC)c(OC)c1. The van der Waals surface area contributed by atoms with Crippen LogP contribution < -0.4 is 9.47 Å². The molecule has 2 aliphatic rings. The van der Waals surface area contributed by atoms with Crippen LogP contribution in [0.25, 0.3) is 0 Å². The zero-order valence-corrected chi connectivity index (χ0v) is 14.3. The Morgan fingerprint density at radius 3 is 2.56 bits per heavy atom. The molecule has 1 aliphatic heterocycles. The van der Waals surface area contributed by atoms with Gasteiger partial charge >= 0.3 is 0 Å². The first-order valence-corrected chi connectivity index (χ1v) is 8.14. The van der Waals surface area contributed by atoms with Crippen LogP contribution in [0.2, 0.25) is 0 Å². The van der Waals surface area contributed by atoms with Gasteiger partial charge in [0.05, 0.1) is 25.8 Å². The Bertz CT molecular complexity index is 763. The summed E-state index contributed by atoms with van der Waals surface area (Å²) in [4.78, 5) is 26.6. The summed E-state index contributed by atoms with van der Waals surface area (Å²) in [6, 6.07) is 4.57. The van der Waals surface area contributed by atoms with E-state index < -0.39 is 17.7 Å². The molecular weight excluding hydrogens is 322 g/mol. The fourth-order valence-electron chi connectivity index (χ4n) is 3.17. The van der Waals surface area contributed by atoms with Gasteiger partial charge in [-0.1, -0.05) is 12.1 Å². The normalized spacial score (nSPS) is 20.0. The molecule has 6 heteroatoms. The molecule has 1 fully saturated rings. The van der Waals surface area contributed by atoms with Crippen molar-refractivity contribution in [2.75, 3.05) is 20.8 Å². The summed E-state index contributed by atoms with van der Waals surface area (Å²) in [5.41, 5.74) is 0.850. The maximum absolute atomic E-state index is 12.7. The smallest absolute Gasteiger partial charge is 0.290 e. The highest BCUT2D eigenvalue weighted by molar-refractivity contribution is 6.10. The number of carbonyl (C=O) groups excluding carboxylic acids is 2. The zero-order chi connectivity index (χ0) is 18.1. The van der Waals surface area contributed by atoms with Gasteiger partial charge in [-0.15, -0.1) is 6.58 Å². The Hall–Kier alpha value is -2.76.